The zero-order valence-electron chi connectivity index (χ0n) is 16.1. The second kappa shape index (κ2) is 8.45. The molecule has 0 fully saturated rings. The number of nitrogens with zero attached hydrogens (tertiary/aromatic N) is 4. The van der Waals surface area contributed by atoms with Gasteiger partial charge in [-0.15, -0.1) is 0 Å². The lowest BCUT2D eigenvalue weighted by Crippen LogP contribution is -2.24. The van der Waals surface area contributed by atoms with Gasteiger partial charge < -0.3 is 14.4 Å². The highest BCUT2D eigenvalue weighted by Gasteiger charge is 2.15. The standard InChI is InChI=1S/C20H26N4O3/c1-4-15(25)12-24-19(21-18(22-24)9-10-27-3)13-23-17-8-6-5-7-16(17)14(2)11-20(23)26/h5-8,11,15,25H,4,9-10,12-13H2,1-3H3. The highest BCUT2D eigenvalue weighted by atomic mass is 16.5. The van der Waals surface area contributed by atoms with Gasteiger partial charge in [0.1, 0.15) is 5.82 Å². The second-order valence-electron chi connectivity index (χ2n) is 6.70. The minimum absolute atomic E-state index is 0.0739. The molecule has 0 saturated carbocycles. The van der Waals surface area contributed by atoms with E-state index in [1.165, 1.54) is 0 Å². The van der Waals surface area contributed by atoms with Gasteiger partial charge in [0.2, 0.25) is 0 Å². The zero-order chi connectivity index (χ0) is 19.4. The average molecular weight is 370 g/mol. The van der Waals surface area contributed by atoms with Crippen molar-refractivity contribution >= 4 is 10.9 Å². The predicted octanol–water partition coefficient (Wildman–Crippen LogP) is 1.91. The smallest absolute Gasteiger partial charge is 0.251 e. The summed E-state index contributed by atoms with van der Waals surface area (Å²) in [5.74, 6) is 1.31. The van der Waals surface area contributed by atoms with Crippen LogP contribution in [0, 0.1) is 6.92 Å². The number of pyridine rings is 1. The minimum Gasteiger partial charge on any atom is -0.391 e. The van der Waals surface area contributed by atoms with E-state index >= 15 is 0 Å². The molecule has 1 aromatic carbocycles. The van der Waals surface area contributed by atoms with Gasteiger partial charge >= 0.3 is 0 Å². The molecule has 2 heterocycles. The summed E-state index contributed by atoms with van der Waals surface area (Å²) in [5.41, 5.74) is 1.75. The molecule has 0 aliphatic carbocycles. The van der Waals surface area contributed by atoms with Crippen LogP contribution in [-0.4, -0.2) is 44.3 Å². The Morgan fingerprint density at radius 3 is 2.81 bits per heavy atom. The van der Waals surface area contributed by atoms with Crippen LogP contribution in [0.15, 0.2) is 35.1 Å². The van der Waals surface area contributed by atoms with Crippen molar-refractivity contribution in [3.8, 4) is 0 Å². The lowest BCUT2D eigenvalue weighted by molar-refractivity contribution is 0.143. The van der Waals surface area contributed by atoms with Crippen LogP contribution in [0.2, 0.25) is 0 Å². The summed E-state index contributed by atoms with van der Waals surface area (Å²) in [5, 5.41) is 15.6. The monoisotopic (exact) mass is 370 g/mol. The molecule has 7 nitrogen and oxygen atoms in total. The first-order chi connectivity index (χ1) is 13.0. The van der Waals surface area contributed by atoms with Gasteiger partial charge in [-0.3, -0.25) is 4.79 Å². The molecule has 7 heteroatoms. The Labute approximate surface area is 158 Å². The number of hydrogen-bond acceptors (Lipinski definition) is 5. The molecule has 0 saturated heterocycles. The molecule has 1 unspecified atom stereocenters. The first kappa shape index (κ1) is 19.3. The largest absolute Gasteiger partial charge is 0.391 e. The third-order valence-electron chi connectivity index (χ3n) is 4.70. The average Bonchev–Trinajstić information content (AvgIpc) is 3.04. The van der Waals surface area contributed by atoms with E-state index in [0.29, 0.717) is 44.2 Å². The Balaban J connectivity index is 2.03. The van der Waals surface area contributed by atoms with Gasteiger partial charge in [-0.1, -0.05) is 25.1 Å². The number of hydrogen-bond donors (Lipinski definition) is 1. The molecule has 0 spiro atoms. The Bertz CT molecular complexity index is 977. The summed E-state index contributed by atoms with van der Waals surface area (Å²) in [6, 6.07) is 9.49. The number of para-hydroxylation sites is 1. The van der Waals surface area contributed by atoms with Gasteiger partial charge in [-0.2, -0.15) is 5.10 Å². The fourth-order valence-electron chi connectivity index (χ4n) is 3.12. The van der Waals surface area contributed by atoms with Crippen molar-refractivity contribution in [2.24, 2.45) is 0 Å². The number of methoxy groups -OCH3 is 1. The molecule has 1 N–H and O–H groups in total. The molecule has 0 radical (unpaired) electrons. The number of aromatic nitrogens is 4. The van der Waals surface area contributed by atoms with Crippen LogP contribution in [0.5, 0.6) is 0 Å². The SMILES string of the molecule is CCC(O)Cn1nc(CCOC)nc1Cn1c(=O)cc(C)c2ccccc21. The number of rotatable bonds is 8. The van der Waals surface area contributed by atoms with Gasteiger partial charge in [0.25, 0.3) is 5.56 Å². The van der Waals surface area contributed by atoms with Gasteiger partial charge in [0, 0.05) is 25.0 Å². The lowest BCUT2D eigenvalue weighted by atomic mass is 10.1. The van der Waals surface area contributed by atoms with Gasteiger partial charge in [0.05, 0.1) is 31.3 Å². The van der Waals surface area contributed by atoms with E-state index in [9.17, 15) is 9.90 Å². The van der Waals surface area contributed by atoms with Gasteiger partial charge in [0.15, 0.2) is 5.82 Å². The first-order valence-electron chi connectivity index (χ1n) is 9.22. The van der Waals surface area contributed by atoms with Crippen LogP contribution in [0.4, 0.5) is 0 Å². The van der Waals surface area contributed by atoms with Crippen molar-refractivity contribution in [3.05, 3.63) is 57.9 Å². The van der Waals surface area contributed by atoms with Crippen molar-refractivity contribution in [1.82, 2.24) is 19.3 Å². The van der Waals surface area contributed by atoms with Crippen LogP contribution in [0.3, 0.4) is 0 Å². The van der Waals surface area contributed by atoms with E-state index in [4.69, 9.17) is 4.74 Å². The number of aliphatic hydroxyl groups excluding tert-OH is 1. The second-order valence-corrected chi connectivity index (χ2v) is 6.70. The molecule has 2 aromatic heterocycles. The molecule has 1 atom stereocenters. The molecule has 27 heavy (non-hydrogen) atoms. The zero-order valence-corrected chi connectivity index (χ0v) is 16.1. The Morgan fingerprint density at radius 1 is 1.30 bits per heavy atom. The van der Waals surface area contributed by atoms with Crippen LogP contribution in [0.1, 0.15) is 30.6 Å². The third kappa shape index (κ3) is 4.26. The van der Waals surface area contributed by atoms with Crippen molar-refractivity contribution in [3.63, 3.8) is 0 Å². The molecule has 144 valence electrons. The predicted molar refractivity (Wildman–Crippen MR) is 104 cm³/mol. The van der Waals surface area contributed by atoms with E-state index in [0.717, 1.165) is 16.5 Å². The van der Waals surface area contributed by atoms with Crippen LogP contribution in [-0.2, 0) is 24.2 Å². The van der Waals surface area contributed by atoms with Crippen molar-refractivity contribution < 1.29 is 9.84 Å². The molecule has 3 rings (SSSR count). The molecule has 3 aromatic rings. The van der Waals surface area contributed by atoms with Crippen LogP contribution < -0.4 is 5.56 Å². The van der Waals surface area contributed by atoms with E-state index in [-0.39, 0.29) is 5.56 Å². The molecule has 0 amide bonds. The van der Waals surface area contributed by atoms with E-state index in [2.05, 4.69) is 10.1 Å². The molecule has 0 aliphatic heterocycles. The maximum absolute atomic E-state index is 12.7. The Kier molecular flexibility index (Phi) is 6.03. The molecular weight excluding hydrogens is 344 g/mol. The summed E-state index contributed by atoms with van der Waals surface area (Å²) in [7, 11) is 1.64. The molecular formula is C20H26N4O3. The third-order valence-corrected chi connectivity index (χ3v) is 4.70. The van der Waals surface area contributed by atoms with Crippen LogP contribution in [0.25, 0.3) is 10.9 Å². The van der Waals surface area contributed by atoms with Crippen molar-refractivity contribution in [2.75, 3.05) is 13.7 Å². The van der Waals surface area contributed by atoms with Crippen LogP contribution >= 0.6 is 0 Å². The fraction of sp³-hybridized carbons (Fsp3) is 0.450. The Hall–Kier alpha value is -2.51. The summed E-state index contributed by atoms with van der Waals surface area (Å²) in [6.07, 6.45) is 0.703. The van der Waals surface area contributed by atoms with Crippen molar-refractivity contribution in [1.29, 1.82) is 0 Å². The quantitative estimate of drug-likeness (QED) is 0.655. The number of aryl methyl sites for hydroxylation is 1. The lowest BCUT2D eigenvalue weighted by Gasteiger charge is -2.13. The normalized spacial score (nSPS) is 12.6. The summed E-state index contributed by atoms with van der Waals surface area (Å²) in [4.78, 5) is 17.3. The summed E-state index contributed by atoms with van der Waals surface area (Å²) >= 11 is 0. The van der Waals surface area contributed by atoms with E-state index < -0.39 is 6.10 Å². The summed E-state index contributed by atoms with van der Waals surface area (Å²) < 4.78 is 8.53. The maximum Gasteiger partial charge on any atom is 0.251 e. The number of fused-ring (bicyclic) bond motifs is 1. The number of benzene rings is 1. The molecule has 0 aliphatic rings. The highest BCUT2D eigenvalue weighted by molar-refractivity contribution is 5.82. The number of ether oxygens (including phenoxy) is 1. The van der Waals surface area contributed by atoms with E-state index in [1.807, 2.05) is 38.1 Å². The number of aliphatic hydroxyl groups is 1. The van der Waals surface area contributed by atoms with Gasteiger partial charge in [-0.25, -0.2) is 9.67 Å². The summed E-state index contributed by atoms with van der Waals surface area (Å²) in [6.45, 7) is 5.04. The highest BCUT2D eigenvalue weighted by Crippen LogP contribution is 2.17. The topological polar surface area (TPSA) is 82.2 Å². The fourth-order valence-corrected chi connectivity index (χ4v) is 3.12. The van der Waals surface area contributed by atoms with E-state index in [1.54, 1.807) is 22.4 Å². The Morgan fingerprint density at radius 2 is 2.07 bits per heavy atom. The minimum atomic E-state index is -0.507. The first-order valence-corrected chi connectivity index (χ1v) is 9.22. The van der Waals surface area contributed by atoms with Gasteiger partial charge in [-0.05, 0) is 25.0 Å². The molecule has 0 bridgehead atoms. The van der Waals surface area contributed by atoms with Crippen molar-refractivity contribution in [2.45, 2.75) is 45.9 Å². The maximum atomic E-state index is 12.7.